The zero-order valence-electron chi connectivity index (χ0n) is 20.2. The number of carbonyl (C=O) groups excluding carboxylic acids is 2. The molecular formula is C26H40N4O3. The highest BCUT2D eigenvalue weighted by Gasteiger charge is 2.26. The second kappa shape index (κ2) is 11.8. The molecule has 2 amide bonds. The van der Waals surface area contributed by atoms with E-state index in [4.69, 9.17) is 4.74 Å². The Balaban J connectivity index is 1.09. The predicted octanol–water partition coefficient (Wildman–Crippen LogP) is 2.96. The third kappa shape index (κ3) is 6.70. The van der Waals surface area contributed by atoms with Crippen molar-refractivity contribution in [2.45, 2.75) is 64.3 Å². The van der Waals surface area contributed by atoms with Crippen LogP contribution < -0.4 is 15.0 Å². The van der Waals surface area contributed by atoms with Crippen molar-refractivity contribution in [1.82, 2.24) is 15.1 Å². The van der Waals surface area contributed by atoms with E-state index in [9.17, 15) is 9.59 Å². The van der Waals surface area contributed by atoms with Crippen molar-refractivity contribution >= 4 is 17.5 Å². The molecule has 3 aliphatic rings. The van der Waals surface area contributed by atoms with Gasteiger partial charge in [-0.1, -0.05) is 12.5 Å². The molecule has 0 aliphatic carbocycles. The Morgan fingerprint density at radius 1 is 1.03 bits per heavy atom. The third-order valence-electron chi connectivity index (χ3n) is 7.28. The number of piperidine rings is 2. The van der Waals surface area contributed by atoms with Gasteiger partial charge in [0.2, 0.25) is 11.8 Å². The Morgan fingerprint density at radius 3 is 2.61 bits per heavy atom. The van der Waals surface area contributed by atoms with Gasteiger partial charge in [-0.25, -0.2) is 0 Å². The van der Waals surface area contributed by atoms with Gasteiger partial charge in [-0.3, -0.25) is 9.59 Å². The summed E-state index contributed by atoms with van der Waals surface area (Å²) in [5, 5.41) is 3.00. The summed E-state index contributed by atoms with van der Waals surface area (Å²) in [4.78, 5) is 32.0. The van der Waals surface area contributed by atoms with Crippen molar-refractivity contribution in [3.05, 3.63) is 23.8 Å². The average molecular weight is 457 g/mol. The molecule has 0 bridgehead atoms. The van der Waals surface area contributed by atoms with Gasteiger partial charge in [0.25, 0.3) is 0 Å². The van der Waals surface area contributed by atoms with Crippen LogP contribution in [0.4, 0.5) is 5.69 Å². The number of amides is 2. The van der Waals surface area contributed by atoms with E-state index in [2.05, 4.69) is 15.1 Å². The quantitative estimate of drug-likeness (QED) is 0.610. The molecule has 1 aromatic carbocycles. The second-order valence-corrected chi connectivity index (χ2v) is 9.74. The van der Waals surface area contributed by atoms with Crippen molar-refractivity contribution in [3.8, 4) is 5.75 Å². The molecule has 33 heavy (non-hydrogen) atoms. The molecule has 182 valence electrons. The molecule has 2 saturated heterocycles. The van der Waals surface area contributed by atoms with Crippen LogP contribution in [0.15, 0.2) is 18.2 Å². The molecule has 7 nitrogen and oxygen atoms in total. The fourth-order valence-corrected chi connectivity index (χ4v) is 5.35. The normalized spacial score (nSPS) is 20.2. The van der Waals surface area contributed by atoms with Gasteiger partial charge in [-0.2, -0.15) is 0 Å². The maximum absolute atomic E-state index is 12.7. The third-order valence-corrected chi connectivity index (χ3v) is 7.28. The van der Waals surface area contributed by atoms with Crippen molar-refractivity contribution in [2.24, 2.45) is 0 Å². The zero-order valence-corrected chi connectivity index (χ0v) is 20.2. The molecule has 0 aromatic heterocycles. The lowest BCUT2D eigenvalue weighted by molar-refractivity contribution is -0.125. The highest BCUT2D eigenvalue weighted by atomic mass is 16.5. The number of anilines is 1. The van der Waals surface area contributed by atoms with E-state index < -0.39 is 0 Å². The Kier molecular flexibility index (Phi) is 8.62. The second-order valence-electron chi connectivity index (χ2n) is 9.74. The topological polar surface area (TPSA) is 65.1 Å². The largest absolute Gasteiger partial charge is 0.490 e. The molecule has 0 unspecified atom stereocenters. The smallest absolute Gasteiger partial charge is 0.227 e. The molecule has 2 fully saturated rings. The van der Waals surface area contributed by atoms with Gasteiger partial charge in [0.05, 0.1) is 12.2 Å². The molecule has 3 aliphatic heterocycles. The minimum Gasteiger partial charge on any atom is -0.490 e. The highest BCUT2D eigenvalue weighted by molar-refractivity contribution is 5.97. The van der Waals surface area contributed by atoms with E-state index >= 15 is 0 Å². The van der Waals surface area contributed by atoms with Crippen LogP contribution in [0.3, 0.4) is 0 Å². The summed E-state index contributed by atoms with van der Waals surface area (Å²) in [7, 11) is 0. The molecule has 3 heterocycles. The van der Waals surface area contributed by atoms with Crippen LogP contribution >= 0.6 is 0 Å². The lowest BCUT2D eigenvalue weighted by Gasteiger charge is -2.40. The van der Waals surface area contributed by atoms with E-state index in [1.165, 1.54) is 58.3 Å². The lowest BCUT2D eigenvalue weighted by Crippen LogP contribution is -2.47. The summed E-state index contributed by atoms with van der Waals surface area (Å²) in [6, 6.07) is 6.65. The minimum absolute atomic E-state index is 0.0168. The first-order valence-electron chi connectivity index (χ1n) is 12.9. The summed E-state index contributed by atoms with van der Waals surface area (Å²) < 4.78 is 5.66. The lowest BCUT2D eigenvalue weighted by atomic mass is 10.00. The number of nitrogens with zero attached hydrogens (tertiary/aromatic N) is 3. The number of carbonyl (C=O) groups is 2. The predicted molar refractivity (Wildman–Crippen MR) is 131 cm³/mol. The van der Waals surface area contributed by atoms with Gasteiger partial charge in [0.15, 0.2) is 0 Å². The number of nitrogens with one attached hydrogen (secondary N) is 1. The van der Waals surface area contributed by atoms with Crippen LogP contribution in [0.25, 0.3) is 0 Å². The summed E-state index contributed by atoms with van der Waals surface area (Å²) in [6.45, 7) is 9.66. The van der Waals surface area contributed by atoms with E-state index in [0.717, 1.165) is 36.0 Å². The Bertz CT molecular complexity index is 801. The maximum atomic E-state index is 12.7. The Morgan fingerprint density at radius 2 is 1.82 bits per heavy atom. The van der Waals surface area contributed by atoms with Crippen molar-refractivity contribution in [1.29, 1.82) is 0 Å². The van der Waals surface area contributed by atoms with Crippen LogP contribution in [-0.2, 0) is 9.59 Å². The van der Waals surface area contributed by atoms with Crippen LogP contribution in [0.1, 0.15) is 56.9 Å². The van der Waals surface area contributed by atoms with E-state index in [1.54, 1.807) is 4.90 Å². The van der Waals surface area contributed by atoms with Crippen LogP contribution in [-0.4, -0.2) is 80.1 Å². The van der Waals surface area contributed by atoms with Gasteiger partial charge in [-0.15, -0.1) is 0 Å². The average Bonchev–Trinajstić information content (AvgIpc) is 2.85. The summed E-state index contributed by atoms with van der Waals surface area (Å²) in [6.07, 6.45) is 8.11. The van der Waals surface area contributed by atoms with Gasteiger partial charge >= 0.3 is 0 Å². The van der Waals surface area contributed by atoms with Crippen molar-refractivity contribution < 1.29 is 14.3 Å². The van der Waals surface area contributed by atoms with Crippen molar-refractivity contribution in [2.75, 3.05) is 57.3 Å². The number of benzene rings is 1. The fraction of sp³-hybridized carbons (Fsp3) is 0.692. The number of fused-ring (bicyclic) bond motifs is 1. The molecule has 1 aromatic rings. The Hall–Kier alpha value is -2.12. The summed E-state index contributed by atoms with van der Waals surface area (Å²) in [5.74, 6) is 0.686. The van der Waals surface area contributed by atoms with Gasteiger partial charge in [0.1, 0.15) is 12.4 Å². The SMILES string of the molecule is Cc1ccc2c(c1)N(C(=O)CCC(=O)NCCCN1CCC(N3CCCCC3)CC1)CCO2. The molecule has 4 rings (SSSR count). The first kappa shape index (κ1) is 24.0. The van der Waals surface area contributed by atoms with Gasteiger partial charge in [0, 0.05) is 25.4 Å². The molecule has 1 N–H and O–H groups in total. The van der Waals surface area contributed by atoms with Crippen LogP contribution in [0, 0.1) is 6.92 Å². The Labute approximate surface area is 198 Å². The first-order chi connectivity index (χ1) is 16.1. The number of hydrogen-bond donors (Lipinski definition) is 1. The molecule has 0 saturated carbocycles. The number of ether oxygens (including phenoxy) is 1. The number of hydrogen-bond acceptors (Lipinski definition) is 5. The summed E-state index contributed by atoms with van der Waals surface area (Å²) >= 11 is 0. The molecule has 0 spiro atoms. The molecule has 0 radical (unpaired) electrons. The first-order valence-corrected chi connectivity index (χ1v) is 12.9. The monoisotopic (exact) mass is 456 g/mol. The van der Waals surface area contributed by atoms with Crippen LogP contribution in [0.5, 0.6) is 5.75 Å². The standard InChI is InChI=1S/C26H40N4O3/c1-21-6-7-24-23(20-21)30(18-19-33-24)26(32)9-8-25(31)27-12-5-13-28-16-10-22(11-17-28)29-14-3-2-4-15-29/h6-7,20,22H,2-5,8-19H2,1H3,(H,27,31). The van der Waals surface area contributed by atoms with Gasteiger partial charge < -0.3 is 24.8 Å². The highest BCUT2D eigenvalue weighted by Crippen LogP contribution is 2.32. The summed E-state index contributed by atoms with van der Waals surface area (Å²) in [5.41, 5.74) is 1.90. The minimum atomic E-state index is -0.0371. The van der Waals surface area contributed by atoms with E-state index in [0.29, 0.717) is 19.7 Å². The van der Waals surface area contributed by atoms with Gasteiger partial charge in [-0.05, 0) is 89.4 Å². The number of likely N-dealkylation sites (tertiary alicyclic amines) is 2. The van der Waals surface area contributed by atoms with E-state index in [1.807, 2.05) is 25.1 Å². The maximum Gasteiger partial charge on any atom is 0.227 e. The fourth-order valence-electron chi connectivity index (χ4n) is 5.35. The number of rotatable bonds is 8. The van der Waals surface area contributed by atoms with Crippen LogP contribution in [0.2, 0.25) is 0 Å². The number of aryl methyl sites for hydroxylation is 1. The molecule has 7 heteroatoms. The molecular weight excluding hydrogens is 416 g/mol. The molecule has 0 atom stereocenters. The van der Waals surface area contributed by atoms with Crippen molar-refractivity contribution in [3.63, 3.8) is 0 Å². The van der Waals surface area contributed by atoms with E-state index in [-0.39, 0.29) is 24.7 Å². The zero-order chi connectivity index (χ0) is 23.0.